The minimum Gasteiger partial charge on any atom is -0.381 e. The monoisotopic (exact) mass is 268 g/mol. The lowest BCUT2D eigenvalue weighted by molar-refractivity contribution is -0.136. The van der Waals surface area contributed by atoms with Crippen LogP contribution in [-0.4, -0.2) is 74.9 Å². The van der Waals surface area contributed by atoms with Gasteiger partial charge in [0.05, 0.1) is 6.04 Å². The Kier molecular flexibility index (Phi) is 3.78. The maximum absolute atomic E-state index is 12.0. The first-order valence-electron chi connectivity index (χ1n) is 7.30. The van der Waals surface area contributed by atoms with Crippen LogP contribution in [0.1, 0.15) is 12.8 Å². The van der Waals surface area contributed by atoms with E-state index in [9.17, 15) is 4.79 Å². The molecule has 1 amide bonds. The fraction of sp³-hybridized carbons (Fsp3) is 0.929. The molecule has 3 heterocycles. The molecule has 0 aromatic rings. The lowest BCUT2D eigenvalue weighted by Gasteiger charge is -2.28. The molecule has 0 bridgehead atoms. The highest BCUT2D eigenvalue weighted by Gasteiger charge is 2.51. The van der Waals surface area contributed by atoms with E-state index in [1.165, 1.54) is 12.8 Å². The van der Waals surface area contributed by atoms with Crippen molar-refractivity contribution in [2.45, 2.75) is 25.0 Å². The molecule has 0 N–H and O–H groups in total. The predicted molar refractivity (Wildman–Crippen MR) is 70.8 cm³/mol. The minimum atomic E-state index is -0.227. The van der Waals surface area contributed by atoms with Crippen LogP contribution in [0.3, 0.4) is 0 Å². The van der Waals surface area contributed by atoms with Gasteiger partial charge in [-0.3, -0.25) is 4.79 Å². The van der Waals surface area contributed by atoms with Crippen molar-refractivity contribution in [3.8, 4) is 0 Å². The van der Waals surface area contributed by atoms with Crippen LogP contribution in [0.2, 0.25) is 0 Å². The summed E-state index contributed by atoms with van der Waals surface area (Å²) < 4.78 is 10.8. The molecule has 3 aliphatic rings. The summed E-state index contributed by atoms with van der Waals surface area (Å²) in [6.07, 6.45) is 2.12. The van der Waals surface area contributed by atoms with Gasteiger partial charge in [-0.1, -0.05) is 0 Å². The second-order valence-electron chi connectivity index (χ2n) is 6.11. The van der Waals surface area contributed by atoms with Crippen molar-refractivity contribution >= 4 is 5.91 Å². The van der Waals surface area contributed by atoms with E-state index in [1.54, 1.807) is 7.11 Å². The van der Waals surface area contributed by atoms with Crippen LogP contribution in [0.4, 0.5) is 0 Å². The average molecular weight is 268 g/mol. The molecule has 3 rings (SSSR count). The topological polar surface area (TPSA) is 42.0 Å². The van der Waals surface area contributed by atoms with E-state index in [2.05, 4.69) is 4.90 Å². The largest absolute Gasteiger partial charge is 0.381 e. The number of methoxy groups -OCH3 is 1. The van der Waals surface area contributed by atoms with Crippen molar-refractivity contribution in [3.63, 3.8) is 0 Å². The maximum atomic E-state index is 12.0. The van der Waals surface area contributed by atoms with Gasteiger partial charge in [0.25, 0.3) is 5.91 Å². The van der Waals surface area contributed by atoms with Crippen molar-refractivity contribution in [2.75, 3.05) is 47.0 Å². The van der Waals surface area contributed by atoms with Gasteiger partial charge in [-0.05, 0) is 18.8 Å². The molecule has 3 atom stereocenters. The number of hydrogen-bond donors (Lipinski definition) is 0. The standard InChI is InChI=1S/C14H24N2O3/c1-15-12-9-16(7-10-3-5-19-6-4-10)8-11(12)13(18-2)14(15)17/h10-13H,3-9H2,1-2H3/t11-,12+,13-/m0/s1. The van der Waals surface area contributed by atoms with Gasteiger partial charge >= 0.3 is 0 Å². The van der Waals surface area contributed by atoms with E-state index in [0.717, 1.165) is 38.8 Å². The summed E-state index contributed by atoms with van der Waals surface area (Å²) in [4.78, 5) is 16.4. The predicted octanol–water partition coefficient (Wildman–Crippen LogP) is 0.200. The van der Waals surface area contributed by atoms with Gasteiger partial charge in [-0.15, -0.1) is 0 Å². The number of ether oxygens (including phenoxy) is 2. The number of nitrogens with zero attached hydrogens (tertiary/aromatic N) is 2. The molecule has 0 aromatic carbocycles. The number of rotatable bonds is 3. The number of likely N-dealkylation sites (tertiary alicyclic amines) is 2. The SMILES string of the molecule is CO[C@@H]1C(=O)N(C)[C@@H]2CN(CC3CCOCC3)C[C@H]12. The van der Waals surface area contributed by atoms with Crippen molar-refractivity contribution in [3.05, 3.63) is 0 Å². The lowest BCUT2D eigenvalue weighted by atomic mass is 9.99. The zero-order valence-electron chi connectivity index (χ0n) is 11.9. The van der Waals surface area contributed by atoms with Crippen LogP contribution in [0.25, 0.3) is 0 Å². The fourth-order valence-electron chi connectivity index (χ4n) is 3.87. The van der Waals surface area contributed by atoms with E-state index in [1.807, 2.05) is 11.9 Å². The molecule has 0 aromatic heterocycles. The molecule has 3 saturated heterocycles. The highest BCUT2D eigenvalue weighted by Crippen LogP contribution is 2.34. The Hall–Kier alpha value is -0.650. The molecule has 108 valence electrons. The van der Waals surface area contributed by atoms with Crippen LogP contribution in [-0.2, 0) is 14.3 Å². The number of likely N-dealkylation sites (N-methyl/N-ethyl adjacent to an activating group) is 1. The molecule has 3 aliphatic heterocycles. The first kappa shape index (κ1) is 13.3. The molecule has 0 radical (unpaired) electrons. The van der Waals surface area contributed by atoms with Gasteiger partial charge in [-0.25, -0.2) is 0 Å². The van der Waals surface area contributed by atoms with Crippen molar-refractivity contribution in [1.29, 1.82) is 0 Å². The van der Waals surface area contributed by atoms with Crippen LogP contribution < -0.4 is 0 Å². The second kappa shape index (κ2) is 5.38. The highest BCUT2D eigenvalue weighted by atomic mass is 16.5. The van der Waals surface area contributed by atoms with Gasteiger partial charge in [-0.2, -0.15) is 0 Å². The molecule has 3 fully saturated rings. The normalized spacial score (nSPS) is 37.1. The van der Waals surface area contributed by atoms with E-state index < -0.39 is 0 Å². The van der Waals surface area contributed by atoms with Crippen molar-refractivity contribution in [1.82, 2.24) is 9.80 Å². The third-order valence-corrected chi connectivity index (χ3v) is 5.00. The summed E-state index contributed by atoms with van der Waals surface area (Å²) in [6.45, 7) is 4.96. The molecule has 5 nitrogen and oxygen atoms in total. The van der Waals surface area contributed by atoms with Gasteiger partial charge in [0.1, 0.15) is 6.10 Å². The quantitative estimate of drug-likeness (QED) is 0.733. The van der Waals surface area contributed by atoms with E-state index in [4.69, 9.17) is 9.47 Å². The van der Waals surface area contributed by atoms with Crippen LogP contribution >= 0.6 is 0 Å². The Balaban J connectivity index is 1.59. The second-order valence-corrected chi connectivity index (χ2v) is 6.11. The zero-order chi connectivity index (χ0) is 13.4. The number of carbonyl (C=O) groups excluding carboxylic acids is 1. The summed E-state index contributed by atoms with van der Waals surface area (Å²) >= 11 is 0. The Bertz CT molecular complexity index is 344. The zero-order valence-corrected chi connectivity index (χ0v) is 11.9. The Morgan fingerprint density at radius 1 is 1.32 bits per heavy atom. The Morgan fingerprint density at radius 2 is 2.05 bits per heavy atom. The fourth-order valence-corrected chi connectivity index (χ4v) is 3.87. The first-order valence-corrected chi connectivity index (χ1v) is 7.30. The van der Waals surface area contributed by atoms with E-state index >= 15 is 0 Å². The molecular formula is C14H24N2O3. The van der Waals surface area contributed by atoms with Gasteiger partial charge < -0.3 is 19.3 Å². The first-order chi connectivity index (χ1) is 9.20. The summed E-state index contributed by atoms with van der Waals surface area (Å²) in [5.41, 5.74) is 0. The third kappa shape index (κ3) is 2.39. The van der Waals surface area contributed by atoms with Crippen molar-refractivity contribution < 1.29 is 14.3 Å². The van der Waals surface area contributed by atoms with E-state index in [0.29, 0.717) is 12.0 Å². The van der Waals surface area contributed by atoms with Crippen molar-refractivity contribution in [2.24, 2.45) is 11.8 Å². The third-order valence-electron chi connectivity index (χ3n) is 5.00. The number of amides is 1. The van der Waals surface area contributed by atoms with Crippen LogP contribution in [0, 0.1) is 11.8 Å². The molecule has 0 spiro atoms. The summed E-state index contributed by atoms with van der Waals surface area (Å²) in [6, 6.07) is 0.345. The summed E-state index contributed by atoms with van der Waals surface area (Å²) in [5, 5.41) is 0. The smallest absolute Gasteiger partial charge is 0.252 e. The summed E-state index contributed by atoms with van der Waals surface area (Å²) in [5.74, 6) is 1.26. The summed E-state index contributed by atoms with van der Waals surface area (Å²) in [7, 11) is 3.57. The average Bonchev–Trinajstić information content (AvgIpc) is 2.91. The van der Waals surface area contributed by atoms with Gasteiger partial charge in [0.2, 0.25) is 0 Å². The van der Waals surface area contributed by atoms with E-state index in [-0.39, 0.29) is 12.0 Å². The highest BCUT2D eigenvalue weighted by molar-refractivity contribution is 5.84. The van der Waals surface area contributed by atoms with Crippen LogP contribution in [0.5, 0.6) is 0 Å². The van der Waals surface area contributed by atoms with Crippen LogP contribution in [0.15, 0.2) is 0 Å². The maximum Gasteiger partial charge on any atom is 0.252 e. The molecule has 19 heavy (non-hydrogen) atoms. The molecule has 0 aliphatic carbocycles. The lowest BCUT2D eigenvalue weighted by Crippen LogP contribution is -2.38. The molecule has 0 saturated carbocycles. The minimum absolute atomic E-state index is 0.156. The molecule has 5 heteroatoms. The number of hydrogen-bond acceptors (Lipinski definition) is 4. The number of carbonyl (C=O) groups is 1. The Morgan fingerprint density at radius 3 is 2.74 bits per heavy atom. The van der Waals surface area contributed by atoms with Gasteiger partial charge in [0, 0.05) is 52.9 Å². The number of fused-ring (bicyclic) bond motifs is 1. The Labute approximate surface area is 114 Å². The van der Waals surface area contributed by atoms with Gasteiger partial charge in [0.15, 0.2) is 0 Å². The molecule has 0 unspecified atom stereocenters. The molecular weight excluding hydrogens is 244 g/mol.